The van der Waals surface area contributed by atoms with Crippen LogP contribution in [0.1, 0.15) is 124 Å². The lowest BCUT2D eigenvalue weighted by Gasteiger charge is -2.16. The van der Waals surface area contributed by atoms with E-state index >= 15 is 0 Å². The van der Waals surface area contributed by atoms with E-state index in [0.29, 0.717) is 23.7 Å². The second kappa shape index (κ2) is 17.2. The van der Waals surface area contributed by atoms with Crippen molar-refractivity contribution in [1.82, 2.24) is 5.32 Å². The zero-order valence-corrected chi connectivity index (χ0v) is 19.3. The molecule has 0 bridgehead atoms. The molecule has 0 aliphatic carbocycles. The normalized spacial score (nSPS) is 23.2. The minimum absolute atomic E-state index is 0.304. The summed E-state index contributed by atoms with van der Waals surface area (Å²) in [5, 5.41) is 3.54. The summed E-state index contributed by atoms with van der Waals surface area (Å²) in [5.41, 5.74) is 0. The summed E-state index contributed by atoms with van der Waals surface area (Å²) in [7, 11) is 0. The van der Waals surface area contributed by atoms with Crippen LogP contribution in [0.3, 0.4) is 0 Å². The molecule has 1 aliphatic rings. The maximum atomic E-state index is 12.5. The van der Waals surface area contributed by atoms with Gasteiger partial charge in [0.05, 0.1) is 0 Å². The van der Waals surface area contributed by atoms with Crippen LogP contribution in [-0.2, 0) is 4.79 Å². The van der Waals surface area contributed by atoms with Crippen molar-refractivity contribution in [3.8, 4) is 0 Å². The molecule has 28 heavy (non-hydrogen) atoms. The fourth-order valence-electron chi connectivity index (χ4n) is 4.41. The Bertz CT molecular complexity index is 391. The highest BCUT2D eigenvalue weighted by Crippen LogP contribution is 2.24. The van der Waals surface area contributed by atoms with Crippen LogP contribution in [0, 0.1) is 11.8 Å². The number of unbranched alkanes of at least 4 members (excludes halogenated alkanes) is 11. The molecule has 1 heterocycles. The molecule has 3 atom stereocenters. The molecule has 1 saturated heterocycles. The lowest BCUT2D eigenvalue weighted by atomic mass is 9.87. The van der Waals surface area contributed by atoms with E-state index in [1.807, 2.05) is 0 Å². The van der Waals surface area contributed by atoms with Crippen molar-refractivity contribution in [3.05, 3.63) is 12.2 Å². The van der Waals surface area contributed by atoms with Gasteiger partial charge in [0, 0.05) is 18.4 Å². The van der Waals surface area contributed by atoms with Crippen LogP contribution in [0.15, 0.2) is 12.2 Å². The summed E-state index contributed by atoms with van der Waals surface area (Å²) in [6, 6.07) is 0.494. The van der Waals surface area contributed by atoms with Gasteiger partial charge in [-0.3, -0.25) is 4.79 Å². The van der Waals surface area contributed by atoms with Gasteiger partial charge in [0.1, 0.15) is 5.78 Å². The van der Waals surface area contributed by atoms with Gasteiger partial charge in [-0.15, -0.1) is 0 Å². The zero-order chi connectivity index (χ0) is 20.5. The standard InChI is InChI=1S/C26H49NO/c1-4-5-6-7-8-9-10-11-12-13-14-15-16-17-18-19-26(28)25-20-23(2)22-27-24(3)21-25/h10-11,23-25,27H,4-9,12-22H2,1-3H3. The number of hydrogen-bond donors (Lipinski definition) is 1. The van der Waals surface area contributed by atoms with Crippen molar-refractivity contribution < 1.29 is 4.79 Å². The summed E-state index contributed by atoms with van der Waals surface area (Å²) in [6.07, 6.45) is 24.8. The van der Waals surface area contributed by atoms with E-state index in [9.17, 15) is 4.79 Å². The number of carbonyl (C=O) groups excluding carboxylic acids is 1. The van der Waals surface area contributed by atoms with E-state index in [1.54, 1.807) is 0 Å². The number of allylic oxidation sites excluding steroid dienone is 2. The molecule has 1 fully saturated rings. The van der Waals surface area contributed by atoms with Crippen molar-refractivity contribution in [2.75, 3.05) is 6.54 Å². The Morgan fingerprint density at radius 1 is 0.821 bits per heavy atom. The average molecular weight is 392 g/mol. The number of nitrogens with one attached hydrogen (secondary N) is 1. The predicted octanol–water partition coefficient (Wildman–Crippen LogP) is 7.62. The number of ketones is 1. The third-order valence-corrected chi connectivity index (χ3v) is 6.28. The number of rotatable bonds is 16. The monoisotopic (exact) mass is 391 g/mol. The van der Waals surface area contributed by atoms with E-state index < -0.39 is 0 Å². The van der Waals surface area contributed by atoms with Crippen LogP contribution in [0.5, 0.6) is 0 Å². The molecule has 0 amide bonds. The van der Waals surface area contributed by atoms with Gasteiger partial charge in [-0.2, -0.15) is 0 Å². The average Bonchev–Trinajstić information content (AvgIpc) is 2.85. The summed E-state index contributed by atoms with van der Waals surface area (Å²) in [4.78, 5) is 12.5. The first kappa shape index (κ1) is 25.4. The summed E-state index contributed by atoms with van der Waals surface area (Å²) < 4.78 is 0. The Kier molecular flexibility index (Phi) is 15.6. The molecular weight excluding hydrogens is 342 g/mol. The van der Waals surface area contributed by atoms with Crippen molar-refractivity contribution in [3.63, 3.8) is 0 Å². The number of carbonyl (C=O) groups is 1. The lowest BCUT2D eigenvalue weighted by molar-refractivity contribution is -0.123. The maximum absolute atomic E-state index is 12.5. The quantitative estimate of drug-likeness (QED) is 0.216. The molecule has 0 radical (unpaired) electrons. The van der Waals surface area contributed by atoms with E-state index in [-0.39, 0.29) is 0 Å². The SMILES string of the molecule is CCCCCCCC=CCCCCCCCCC(=O)C1CC(C)CNC(C)C1. The van der Waals surface area contributed by atoms with E-state index in [1.165, 1.54) is 77.0 Å². The van der Waals surface area contributed by atoms with Crippen LogP contribution in [0.2, 0.25) is 0 Å². The Morgan fingerprint density at radius 2 is 1.39 bits per heavy atom. The molecule has 3 unspecified atom stereocenters. The van der Waals surface area contributed by atoms with Crippen LogP contribution >= 0.6 is 0 Å². The van der Waals surface area contributed by atoms with Crippen LogP contribution in [0.4, 0.5) is 0 Å². The molecule has 1 rings (SSSR count). The highest BCUT2D eigenvalue weighted by Gasteiger charge is 2.25. The van der Waals surface area contributed by atoms with Gasteiger partial charge < -0.3 is 5.32 Å². The summed E-state index contributed by atoms with van der Waals surface area (Å²) in [5.74, 6) is 1.47. The Labute approximate surface area is 176 Å². The molecule has 164 valence electrons. The number of Topliss-reactive ketones (excluding diaryl/α,β-unsaturated/α-hetero) is 1. The van der Waals surface area contributed by atoms with Crippen LogP contribution in [0.25, 0.3) is 0 Å². The van der Waals surface area contributed by atoms with Crippen LogP contribution in [-0.4, -0.2) is 18.4 Å². The van der Waals surface area contributed by atoms with Crippen molar-refractivity contribution in [1.29, 1.82) is 0 Å². The van der Waals surface area contributed by atoms with Gasteiger partial charge in [-0.05, 0) is 64.3 Å². The second-order valence-electron chi connectivity index (χ2n) is 9.38. The smallest absolute Gasteiger partial charge is 0.136 e. The number of hydrogen-bond acceptors (Lipinski definition) is 2. The van der Waals surface area contributed by atoms with Crippen LogP contribution < -0.4 is 5.32 Å². The Hall–Kier alpha value is -0.630. The van der Waals surface area contributed by atoms with Gasteiger partial charge in [-0.1, -0.05) is 77.4 Å². The minimum atomic E-state index is 0.304. The molecule has 2 nitrogen and oxygen atoms in total. The first-order valence-electron chi connectivity index (χ1n) is 12.5. The Balaban J connectivity index is 1.91. The first-order chi connectivity index (χ1) is 13.6. The largest absolute Gasteiger partial charge is 0.314 e. The maximum Gasteiger partial charge on any atom is 0.136 e. The van der Waals surface area contributed by atoms with E-state index in [0.717, 1.165) is 32.2 Å². The summed E-state index contributed by atoms with van der Waals surface area (Å²) >= 11 is 0. The lowest BCUT2D eigenvalue weighted by Crippen LogP contribution is -2.28. The van der Waals surface area contributed by atoms with Gasteiger partial charge >= 0.3 is 0 Å². The molecule has 0 aromatic carbocycles. The Morgan fingerprint density at radius 3 is 2.04 bits per heavy atom. The summed E-state index contributed by atoms with van der Waals surface area (Å²) in [6.45, 7) is 7.84. The third kappa shape index (κ3) is 13.5. The van der Waals surface area contributed by atoms with Gasteiger partial charge in [0.15, 0.2) is 0 Å². The highest BCUT2D eigenvalue weighted by molar-refractivity contribution is 5.81. The highest BCUT2D eigenvalue weighted by atomic mass is 16.1. The van der Waals surface area contributed by atoms with E-state index in [4.69, 9.17) is 0 Å². The molecule has 0 saturated carbocycles. The molecule has 1 N–H and O–H groups in total. The fraction of sp³-hybridized carbons (Fsp3) is 0.885. The third-order valence-electron chi connectivity index (χ3n) is 6.28. The molecular formula is C26H49NO. The topological polar surface area (TPSA) is 29.1 Å². The molecule has 1 aliphatic heterocycles. The van der Waals surface area contributed by atoms with Gasteiger partial charge in [0.25, 0.3) is 0 Å². The van der Waals surface area contributed by atoms with E-state index in [2.05, 4.69) is 38.2 Å². The minimum Gasteiger partial charge on any atom is -0.314 e. The van der Waals surface area contributed by atoms with Gasteiger partial charge in [-0.25, -0.2) is 0 Å². The zero-order valence-electron chi connectivity index (χ0n) is 19.3. The van der Waals surface area contributed by atoms with Crippen molar-refractivity contribution in [2.45, 2.75) is 130 Å². The molecule has 0 spiro atoms. The van der Waals surface area contributed by atoms with Gasteiger partial charge in [0.2, 0.25) is 0 Å². The fourth-order valence-corrected chi connectivity index (χ4v) is 4.41. The first-order valence-corrected chi connectivity index (χ1v) is 12.5. The van der Waals surface area contributed by atoms with Crippen molar-refractivity contribution >= 4 is 5.78 Å². The predicted molar refractivity (Wildman–Crippen MR) is 124 cm³/mol. The molecule has 0 aromatic rings. The second-order valence-corrected chi connectivity index (χ2v) is 9.38. The molecule has 2 heteroatoms. The van der Waals surface area contributed by atoms with Crippen molar-refractivity contribution in [2.24, 2.45) is 11.8 Å². The molecule has 0 aromatic heterocycles.